The van der Waals surface area contributed by atoms with Crippen molar-refractivity contribution in [1.29, 1.82) is 0 Å². The largest absolute Gasteiger partial charge is 0.311 e. The molecule has 0 atom stereocenters. The number of hydrogen-bond donors (Lipinski definition) is 1. The average molecular weight is 180 g/mol. The molecular weight excluding hydrogens is 164 g/mol. The number of nitrogens with zero attached hydrogens (tertiary/aromatic N) is 1. The molecule has 3 nitrogen and oxygen atoms in total. The average Bonchev–Trinajstić information content (AvgIpc) is 1.78. The molecule has 0 aliphatic rings. The molecule has 1 heterocycles. The highest BCUT2D eigenvalue weighted by Gasteiger charge is 2.12. The molecule has 0 fully saturated rings. The Hall–Kier alpha value is -1.12. The normalized spacial score (nSPS) is 11.7. The topological polar surface area (TPSA) is 45.8 Å². The van der Waals surface area contributed by atoms with E-state index in [9.17, 15) is 4.79 Å². The van der Waals surface area contributed by atoms with E-state index in [0.29, 0.717) is 0 Å². The van der Waals surface area contributed by atoms with E-state index >= 15 is 0 Å². The summed E-state index contributed by atoms with van der Waals surface area (Å²) in [5, 5.41) is 0. The zero-order valence-corrected chi connectivity index (χ0v) is 8.64. The van der Waals surface area contributed by atoms with Crippen molar-refractivity contribution >= 4 is 0 Å². The summed E-state index contributed by atoms with van der Waals surface area (Å²) in [6, 6.07) is 1.51. The smallest absolute Gasteiger partial charge is 0.251 e. The predicted octanol–water partition coefficient (Wildman–Crippen LogP) is 1.67. The lowest BCUT2D eigenvalue weighted by molar-refractivity contribution is 0.399. The summed E-state index contributed by atoms with van der Waals surface area (Å²) >= 11 is 0. The molecule has 0 aliphatic carbocycles. The fraction of sp³-hybridized carbons (Fsp3) is 0.600. The van der Waals surface area contributed by atoms with Crippen molar-refractivity contribution < 1.29 is 0 Å². The molecule has 3 heteroatoms. The third-order valence-corrected chi connectivity index (χ3v) is 1.62. The molecule has 0 aromatic carbocycles. The summed E-state index contributed by atoms with van der Waals surface area (Å²) in [6.07, 6.45) is 0.796. The van der Waals surface area contributed by atoms with Crippen molar-refractivity contribution in [2.75, 3.05) is 0 Å². The van der Waals surface area contributed by atoms with E-state index in [1.807, 2.05) is 6.92 Å². The highest BCUT2D eigenvalue weighted by atomic mass is 16.1. The number of H-pyrrole nitrogens is 1. The second-order valence-electron chi connectivity index (χ2n) is 4.57. The van der Waals surface area contributed by atoms with Crippen molar-refractivity contribution in [3.05, 3.63) is 27.9 Å². The predicted molar refractivity (Wildman–Crippen MR) is 52.8 cm³/mol. The highest BCUT2D eigenvalue weighted by Crippen LogP contribution is 2.17. The van der Waals surface area contributed by atoms with Crippen molar-refractivity contribution in [3.63, 3.8) is 0 Å². The summed E-state index contributed by atoms with van der Waals surface area (Å²) < 4.78 is 0. The maximum atomic E-state index is 11.1. The van der Waals surface area contributed by atoms with Crippen molar-refractivity contribution in [1.82, 2.24) is 9.97 Å². The fourth-order valence-corrected chi connectivity index (χ4v) is 1.23. The van der Waals surface area contributed by atoms with Gasteiger partial charge in [-0.15, -0.1) is 0 Å². The summed E-state index contributed by atoms with van der Waals surface area (Å²) in [5.74, 6) is 0.775. The van der Waals surface area contributed by atoms with Crippen LogP contribution >= 0.6 is 0 Å². The van der Waals surface area contributed by atoms with E-state index in [0.717, 1.165) is 17.9 Å². The molecule has 1 aromatic rings. The first-order chi connectivity index (χ1) is 5.87. The molecule has 0 amide bonds. The van der Waals surface area contributed by atoms with Gasteiger partial charge >= 0.3 is 0 Å². The Kier molecular flexibility index (Phi) is 2.55. The van der Waals surface area contributed by atoms with Crippen LogP contribution in [0.5, 0.6) is 0 Å². The molecular formula is C10H16N2O. The number of aromatic amines is 1. The summed E-state index contributed by atoms with van der Waals surface area (Å²) in [5.41, 5.74) is 0.874. The van der Waals surface area contributed by atoms with Crippen LogP contribution in [-0.4, -0.2) is 9.97 Å². The van der Waals surface area contributed by atoms with Gasteiger partial charge in [0.1, 0.15) is 5.82 Å². The van der Waals surface area contributed by atoms with E-state index < -0.39 is 0 Å². The van der Waals surface area contributed by atoms with Crippen molar-refractivity contribution in [2.45, 2.75) is 34.1 Å². The molecule has 1 aromatic heterocycles. The first-order valence-electron chi connectivity index (χ1n) is 4.44. The minimum absolute atomic E-state index is 0.0632. The molecule has 0 saturated heterocycles. The Morgan fingerprint density at radius 1 is 1.46 bits per heavy atom. The molecule has 1 rings (SSSR count). The minimum atomic E-state index is -0.0632. The summed E-state index contributed by atoms with van der Waals surface area (Å²) in [4.78, 5) is 18.1. The lowest BCUT2D eigenvalue weighted by atomic mass is 9.92. The second kappa shape index (κ2) is 3.32. The Morgan fingerprint density at radius 3 is 2.54 bits per heavy atom. The van der Waals surface area contributed by atoms with Gasteiger partial charge in [0, 0.05) is 18.2 Å². The van der Waals surface area contributed by atoms with E-state index in [2.05, 4.69) is 30.7 Å². The maximum Gasteiger partial charge on any atom is 0.251 e. The van der Waals surface area contributed by atoms with Crippen LogP contribution in [0.15, 0.2) is 10.9 Å². The first-order valence-corrected chi connectivity index (χ1v) is 4.44. The van der Waals surface area contributed by atoms with Crippen LogP contribution in [0.4, 0.5) is 0 Å². The Morgan fingerprint density at radius 2 is 2.08 bits per heavy atom. The van der Waals surface area contributed by atoms with Crippen LogP contribution in [0, 0.1) is 12.3 Å². The molecule has 1 N–H and O–H groups in total. The quantitative estimate of drug-likeness (QED) is 0.714. The number of rotatable bonds is 1. The molecule has 0 radical (unpaired) electrons. The first kappa shape index (κ1) is 9.96. The van der Waals surface area contributed by atoms with Gasteiger partial charge in [0.15, 0.2) is 0 Å². The summed E-state index contributed by atoms with van der Waals surface area (Å²) in [6.45, 7) is 8.20. The van der Waals surface area contributed by atoms with Gasteiger partial charge in [-0.25, -0.2) is 4.98 Å². The molecule has 0 aliphatic heterocycles. The zero-order chi connectivity index (χ0) is 10.1. The van der Waals surface area contributed by atoms with Gasteiger partial charge < -0.3 is 4.98 Å². The standard InChI is InChI=1S/C10H16N2O/c1-7-5-9(13)12-8(11-7)6-10(2,3)4/h5H,6H2,1-4H3,(H,11,12,13). The molecule has 0 unspecified atom stereocenters. The monoisotopic (exact) mass is 180 g/mol. The van der Waals surface area contributed by atoms with E-state index in [4.69, 9.17) is 0 Å². The van der Waals surface area contributed by atoms with Crippen LogP contribution in [-0.2, 0) is 6.42 Å². The van der Waals surface area contributed by atoms with Gasteiger partial charge in [-0.2, -0.15) is 0 Å². The fourth-order valence-electron chi connectivity index (χ4n) is 1.23. The molecule has 13 heavy (non-hydrogen) atoms. The molecule has 0 spiro atoms. The highest BCUT2D eigenvalue weighted by molar-refractivity contribution is 5.01. The maximum absolute atomic E-state index is 11.1. The SMILES string of the molecule is Cc1cc(=O)[nH]c(CC(C)(C)C)n1. The second-order valence-corrected chi connectivity index (χ2v) is 4.57. The Labute approximate surface area is 78.2 Å². The Balaban J connectivity index is 2.96. The van der Waals surface area contributed by atoms with Crippen LogP contribution in [0.1, 0.15) is 32.3 Å². The molecule has 72 valence electrons. The number of aryl methyl sites for hydroxylation is 1. The van der Waals surface area contributed by atoms with Crippen LogP contribution in [0.25, 0.3) is 0 Å². The lowest BCUT2D eigenvalue weighted by Gasteiger charge is -2.16. The van der Waals surface area contributed by atoms with Crippen molar-refractivity contribution in [3.8, 4) is 0 Å². The summed E-state index contributed by atoms with van der Waals surface area (Å²) in [7, 11) is 0. The Bertz CT molecular complexity index is 347. The van der Waals surface area contributed by atoms with Crippen LogP contribution in [0.3, 0.4) is 0 Å². The van der Waals surface area contributed by atoms with Gasteiger partial charge in [0.2, 0.25) is 0 Å². The van der Waals surface area contributed by atoms with Gasteiger partial charge in [0.05, 0.1) is 0 Å². The molecule has 0 bridgehead atoms. The van der Waals surface area contributed by atoms with Crippen LogP contribution in [0.2, 0.25) is 0 Å². The number of aromatic nitrogens is 2. The van der Waals surface area contributed by atoms with Gasteiger partial charge in [0.25, 0.3) is 5.56 Å². The van der Waals surface area contributed by atoms with E-state index in [1.54, 1.807) is 0 Å². The lowest BCUT2D eigenvalue weighted by Crippen LogP contribution is -2.17. The molecule has 0 saturated carbocycles. The van der Waals surface area contributed by atoms with Gasteiger partial charge in [-0.1, -0.05) is 20.8 Å². The van der Waals surface area contributed by atoms with Gasteiger partial charge in [-0.05, 0) is 12.3 Å². The zero-order valence-electron chi connectivity index (χ0n) is 8.64. The third-order valence-electron chi connectivity index (χ3n) is 1.62. The van der Waals surface area contributed by atoms with Crippen LogP contribution < -0.4 is 5.56 Å². The van der Waals surface area contributed by atoms with Crippen molar-refractivity contribution in [2.24, 2.45) is 5.41 Å². The number of hydrogen-bond acceptors (Lipinski definition) is 2. The van der Waals surface area contributed by atoms with Gasteiger partial charge in [-0.3, -0.25) is 4.79 Å². The number of nitrogens with one attached hydrogen (secondary N) is 1. The van der Waals surface area contributed by atoms with E-state index in [-0.39, 0.29) is 11.0 Å². The third kappa shape index (κ3) is 3.40. The minimum Gasteiger partial charge on any atom is -0.311 e. The van der Waals surface area contributed by atoms with E-state index in [1.165, 1.54) is 6.07 Å².